The highest BCUT2D eigenvalue weighted by Crippen LogP contribution is 2.35. The second kappa shape index (κ2) is 7.14. The Balaban J connectivity index is 1.41. The third-order valence-electron chi connectivity index (χ3n) is 4.41. The van der Waals surface area contributed by atoms with Gasteiger partial charge in [-0.1, -0.05) is 23.4 Å². The molecular weight excluding hydrogens is 391 g/mol. The van der Waals surface area contributed by atoms with Crippen molar-refractivity contribution in [3.05, 3.63) is 78.1 Å². The Hall–Kier alpha value is -3.52. The molecule has 0 aliphatic rings. The van der Waals surface area contributed by atoms with Crippen LogP contribution in [0.3, 0.4) is 0 Å². The van der Waals surface area contributed by atoms with Gasteiger partial charge >= 0.3 is 0 Å². The van der Waals surface area contributed by atoms with Gasteiger partial charge in [-0.2, -0.15) is 10.1 Å². The molecule has 0 amide bonds. The molecule has 3 aromatic heterocycles. The normalized spacial score (nSPS) is 11.2. The number of ether oxygens (including phenoxy) is 1. The van der Waals surface area contributed by atoms with Crippen LogP contribution in [0.2, 0.25) is 0 Å². The summed E-state index contributed by atoms with van der Waals surface area (Å²) in [7, 11) is 0. The number of rotatable bonds is 5. The van der Waals surface area contributed by atoms with Crippen LogP contribution in [0.25, 0.3) is 26.6 Å². The van der Waals surface area contributed by atoms with Crippen LogP contribution in [-0.2, 0) is 6.61 Å². The SMILES string of the molecule is Cc1nn(-c2ccccc2)c2sc(-c3noc(COc4ccc(F)cc4)n3)cc12. The van der Waals surface area contributed by atoms with E-state index in [-0.39, 0.29) is 12.4 Å². The summed E-state index contributed by atoms with van der Waals surface area (Å²) in [6.45, 7) is 2.09. The molecule has 0 unspecified atom stereocenters. The van der Waals surface area contributed by atoms with E-state index in [2.05, 4.69) is 15.2 Å². The van der Waals surface area contributed by atoms with Crippen LogP contribution in [0.5, 0.6) is 5.75 Å². The van der Waals surface area contributed by atoms with E-state index in [0.29, 0.717) is 17.5 Å². The standard InChI is InChI=1S/C21H15FN4O2S/c1-13-17-11-18(29-21(17)26(24-13)15-5-3-2-4-6-15)20-23-19(28-25-20)12-27-16-9-7-14(22)8-10-16/h2-11H,12H2,1H3. The molecule has 0 saturated carbocycles. The monoisotopic (exact) mass is 406 g/mol. The summed E-state index contributed by atoms with van der Waals surface area (Å²) in [5.74, 6) is 1.07. The van der Waals surface area contributed by atoms with Crippen molar-refractivity contribution in [2.75, 3.05) is 0 Å². The van der Waals surface area contributed by atoms with Crippen molar-refractivity contribution in [1.29, 1.82) is 0 Å². The lowest BCUT2D eigenvalue weighted by Crippen LogP contribution is -1.95. The van der Waals surface area contributed by atoms with E-state index in [0.717, 1.165) is 26.5 Å². The third kappa shape index (κ3) is 3.38. The van der Waals surface area contributed by atoms with Crippen molar-refractivity contribution in [2.24, 2.45) is 0 Å². The zero-order chi connectivity index (χ0) is 19.8. The number of fused-ring (bicyclic) bond motifs is 1. The lowest BCUT2D eigenvalue weighted by atomic mass is 10.3. The molecule has 0 saturated heterocycles. The summed E-state index contributed by atoms with van der Waals surface area (Å²) >= 11 is 1.56. The fraction of sp³-hybridized carbons (Fsp3) is 0.0952. The molecule has 0 fully saturated rings. The quantitative estimate of drug-likeness (QED) is 0.403. The number of hydrogen-bond acceptors (Lipinski definition) is 6. The predicted octanol–water partition coefficient (Wildman–Crippen LogP) is 5.16. The predicted molar refractivity (Wildman–Crippen MR) is 108 cm³/mol. The number of nitrogens with zero attached hydrogens (tertiary/aromatic N) is 4. The summed E-state index contributed by atoms with van der Waals surface area (Å²) in [4.78, 5) is 6.34. The molecule has 0 atom stereocenters. The van der Waals surface area contributed by atoms with Gasteiger partial charge in [0.15, 0.2) is 6.61 Å². The Morgan fingerprint density at radius 2 is 1.90 bits per heavy atom. The average molecular weight is 406 g/mol. The first-order chi connectivity index (χ1) is 14.2. The smallest absolute Gasteiger partial charge is 0.264 e. The van der Waals surface area contributed by atoms with E-state index in [4.69, 9.17) is 9.26 Å². The molecule has 0 aliphatic carbocycles. The van der Waals surface area contributed by atoms with Crippen LogP contribution in [0, 0.1) is 12.7 Å². The maximum Gasteiger partial charge on any atom is 0.264 e. The molecule has 0 radical (unpaired) electrons. The Morgan fingerprint density at radius 3 is 2.69 bits per heavy atom. The first kappa shape index (κ1) is 17.6. The van der Waals surface area contributed by atoms with Gasteiger partial charge in [-0.15, -0.1) is 11.3 Å². The summed E-state index contributed by atoms with van der Waals surface area (Å²) < 4.78 is 25.8. The topological polar surface area (TPSA) is 66.0 Å². The fourth-order valence-corrected chi connectivity index (χ4v) is 4.10. The molecule has 144 valence electrons. The van der Waals surface area contributed by atoms with Crippen LogP contribution in [-0.4, -0.2) is 19.9 Å². The van der Waals surface area contributed by atoms with E-state index in [1.807, 2.05) is 48.0 Å². The van der Waals surface area contributed by atoms with E-state index >= 15 is 0 Å². The van der Waals surface area contributed by atoms with Crippen LogP contribution in [0.1, 0.15) is 11.6 Å². The molecular formula is C21H15FN4O2S. The Kier molecular flexibility index (Phi) is 4.33. The zero-order valence-corrected chi connectivity index (χ0v) is 16.2. The molecule has 0 aliphatic heterocycles. The van der Waals surface area contributed by atoms with Gasteiger partial charge in [-0.05, 0) is 49.4 Å². The number of benzene rings is 2. The fourth-order valence-electron chi connectivity index (χ4n) is 2.99. The number of halogens is 1. The van der Waals surface area contributed by atoms with Gasteiger partial charge in [0.1, 0.15) is 16.4 Å². The van der Waals surface area contributed by atoms with E-state index in [1.54, 1.807) is 23.5 Å². The molecule has 6 nitrogen and oxygen atoms in total. The minimum absolute atomic E-state index is 0.111. The summed E-state index contributed by atoms with van der Waals surface area (Å²) in [6, 6.07) is 17.8. The largest absolute Gasteiger partial charge is 0.484 e. The second-order valence-electron chi connectivity index (χ2n) is 6.42. The van der Waals surface area contributed by atoms with Gasteiger partial charge < -0.3 is 9.26 Å². The van der Waals surface area contributed by atoms with E-state index < -0.39 is 0 Å². The van der Waals surface area contributed by atoms with Crippen molar-refractivity contribution in [2.45, 2.75) is 13.5 Å². The first-order valence-electron chi connectivity index (χ1n) is 8.93. The third-order valence-corrected chi connectivity index (χ3v) is 5.52. The molecule has 5 aromatic rings. The van der Waals surface area contributed by atoms with Crippen LogP contribution < -0.4 is 4.74 Å². The molecule has 3 heterocycles. The van der Waals surface area contributed by atoms with Crippen molar-refractivity contribution in [3.8, 4) is 22.1 Å². The van der Waals surface area contributed by atoms with E-state index in [9.17, 15) is 4.39 Å². The maximum atomic E-state index is 13.0. The molecule has 29 heavy (non-hydrogen) atoms. The van der Waals surface area contributed by atoms with Crippen molar-refractivity contribution >= 4 is 21.6 Å². The number of thiophene rings is 1. The average Bonchev–Trinajstić information content (AvgIpc) is 3.45. The van der Waals surface area contributed by atoms with Crippen molar-refractivity contribution in [1.82, 2.24) is 19.9 Å². The Morgan fingerprint density at radius 1 is 1.10 bits per heavy atom. The van der Waals surface area contributed by atoms with Gasteiger partial charge in [-0.25, -0.2) is 9.07 Å². The summed E-state index contributed by atoms with van der Waals surface area (Å²) in [5, 5.41) is 9.78. The lowest BCUT2D eigenvalue weighted by Gasteiger charge is -2.01. The highest BCUT2D eigenvalue weighted by atomic mass is 32.1. The summed E-state index contributed by atoms with van der Waals surface area (Å²) in [6.07, 6.45) is 0. The minimum Gasteiger partial charge on any atom is -0.484 e. The van der Waals surface area contributed by atoms with Gasteiger partial charge in [0.05, 0.1) is 16.3 Å². The molecule has 2 aromatic carbocycles. The van der Waals surface area contributed by atoms with Crippen LogP contribution >= 0.6 is 11.3 Å². The second-order valence-corrected chi connectivity index (χ2v) is 7.45. The Bertz CT molecular complexity index is 1280. The van der Waals surface area contributed by atoms with Crippen molar-refractivity contribution < 1.29 is 13.7 Å². The lowest BCUT2D eigenvalue weighted by molar-refractivity contribution is 0.242. The highest BCUT2D eigenvalue weighted by Gasteiger charge is 2.17. The highest BCUT2D eigenvalue weighted by molar-refractivity contribution is 7.21. The number of aromatic nitrogens is 4. The van der Waals surface area contributed by atoms with Crippen LogP contribution in [0.15, 0.2) is 65.2 Å². The van der Waals surface area contributed by atoms with E-state index in [1.165, 1.54) is 12.1 Å². The van der Waals surface area contributed by atoms with Crippen molar-refractivity contribution in [3.63, 3.8) is 0 Å². The molecule has 0 bridgehead atoms. The van der Waals surface area contributed by atoms with Gasteiger partial charge in [0.2, 0.25) is 5.82 Å². The summed E-state index contributed by atoms with van der Waals surface area (Å²) in [5.41, 5.74) is 1.94. The van der Waals surface area contributed by atoms with Gasteiger partial charge in [0.25, 0.3) is 5.89 Å². The van der Waals surface area contributed by atoms with Gasteiger partial charge in [0, 0.05) is 5.39 Å². The van der Waals surface area contributed by atoms with Gasteiger partial charge in [-0.3, -0.25) is 0 Å². The maximum absolute atomic E-state index is 13.0. The molecule has 0 N–H and O–H groups in total. The van der Waals surface area contributed by atoms with Crippen LogP contribution in [0.4, 0.5) is 4.39 Å². The molecule has 5 rings (SSSR count). The molecule has 0 spiro atoms. The molecule has 8 heteroatoms. The number of aryl methyl sites for hydroxylation is 1. The zero-order valence-electron chi connectivity index (χ0n) is 15.4. The minimum atomic E-state index is -0.313. The number of hydrogen-bond donors (Lipinski definition) is 0. The number of para-hydroxylation sites is 1. The first-order valence-corrected chi connectivity index (χ1v) is 9.75. The Labute approximate surface area is 169 Å².